The molecule has 0 bridgehead atoms. The summed E-state index contributed by atoms with van der Waals surface area (Å²) in [7, 11) is -3.55. The molecule has 0 fully saturated rings. The Balaban J connectivity index is 1.82. The largest absolute Gasteiger partial charge is 0.446 e. The van der Waals surface area contributed by atoms with Crippen LogP contribution in [0.15, 0.2) is 45.0 Å². The van der Waals surface area contributed by atoms with Gasteiger partial charge in [0, 0.05) is 23.1 Å². The molecule has 0 aliphatic rings. The summed E-state index contributed by atoms with van der Waals surface area (Å²) in [5.74, 6) is 1.35. The molecule has 0 saturated heterocycles. The van der Waals surface area contributed by atoms with Gasteiger partial charge >= 0.3 is 0 Å². The van der Waals surface area contributed by atoms with Gasteiger partial charge in [0.25, 0.3) is 10.0 Å². The lowest BCUT2D eigenvalue weighted by molar-refractivity contribution is 0.495. The highest BCUT2D eigenvalue weighted by atomic mass is 32.2. The number of nitrogens with zero attached hydrogens (tertiary/aromatic N) is 1. The number of rotatable bonds is 5. The van der Waals surface area contributed by atoms with Crippen LogP contribution < -0.4 is 4.72 Å². The van der Waals surface area contributed by atoms with E-state index >= 15 is 0 Å². The molecule has 0 saturated carbocycles. The van der Waals surface area contributed by atoms with Gasteiger partial charge in [-0.05, 0) is 37.6 Å². The van der Waals surface area contributed by atoms with E-state index in [4.69, 9.17) is 4.42 Å². The molecule has 2 aromatic heterocycles. The van der Waals surface area contributed by atoms with Gasteiger partial charge in [-0.2, -0.15) is 0 Å². The second-order valence-corrected chi connectivity index (χ2v) is 8.47. The Kier molecular flexibility index (Phi) is 4.47. The minimum Gasteiger partial charge on any atom is -0.446 e. The highest BCUT2D eigenvalue weighted by Crippen LogP contribution is 2.27. The molecule has 3 aromatic rings. The Bertz CT molecular complexity index is 954. The standard InChI is InChI=1S/C17H18N2O3S2/c1-4-15-9-10-16(23-15)24(20,21)19-14-7-5-13(6-8-14)17-11(2)22-12(3)18-17/h5-10,19H,4H2,1-3H3. The molecule has 2 heterocycles. The minimum absolute atomic E-state index is 0.325. The topological polar surface area (TPSA) is 72.2 Å². The van der Waals surface area contributed by atoms with E-state index < -0.39 is 10.0 Å². The van der Waals surface area contributed by atoms with E-state index in [-0.39, 0.29) is 0 Å². The second kappa shape index (κ2) is 6.41. The first-order valence-electron chi connectivity index (χ1n) is 7.55. The molecule has 0 unspecified atom stereocenters. The molecule has 0 aliphatic heterocycles. The van der Waals surface area contributed by atoms with Crippen LogP contribution in [-0.2, 0) is 16.4 Å². The number of thiophene rings is 1. The molecular formula is C17H18N2O3S2. The van der Waals surface area contributed by atoms with Crippen molar-refractivity contribution in [3.8, 4) is 11.3 Å². The maximum atomic E-state index is 12.4. The van der Waals surface area contributed by atoms with E-state index in [2.05, 4.69) is 9.71 Å². The molecule has 1 N–H and O–H groups in total. The average Bonchev–Trinajstić information content (AvgIpc) is 3.14. The van der Waals surface area contributed by atoms with Crippen molar-refractivity contribution in [2.24, 2.45) is 0 Å². The molecule has 0 spiro atoms. The lowest BCUT2D eigenvalue weighted by Crippen LogP contribution is -2.11. The minimum atomic E-state index is -3.55. The molecule has 7 heteroatoms. The van der Waals surface area contributed by atoms with Crippen LogP contribution in [0.3, 0.4) is 0 Å². The van der Waals surface area contributed by atoms with Gasteiger partial charge in [0.05, 0.1) is 0 Å². The van der Waals surface area contributed by atoms with Crippen molar-refractivity contribution < 1.29 is 12.8 Å². The quantitative estimate of drug-likeness (QED) is 0.731. The summed E-state index contributed by atoms with van der Waals surface area (Å²) < 4.78 is 33.2. The molecular weight excluding hydrogens is 344 g/mol. The first-order chi connectivity index (χ1) is 11.4. The van der Waals surface area contributed by atoms with Crippen molar-refractivity contribution in [1.82, 2.24) is 4.98 Å². The van der Waals surface area contributed by atoms with Crippen molar-refractivity contribution in [1.29, 1.82) is 0 Å². The first kappa shape index (κ1) is 16.7. The zero-order chi connectivity index (χ0) is 17.3. The Morgan fingerprint density at radius 3 is 2.38 bits per heavy atom. The van der Waals surface area contributed by atoms with Gasteiger partial charge in [0.1, 0.15) is 15.7 Å². The van der Waals surface area contributed by atoms with Gasteiger partial charge in [-0.25, -0.2) is 13.4 Å². The third-order valence-corrected chi connectivity index (χ3v) is 6.67. The number of hydrogen-bond acceptors (Lipinski definition) is 5. The van der Waals surface area contributed by atoms with Crippen LogP contribution in [0, 0.1) is 13.8 Å². The normalized spacial score (nSPS) is 11.6. The SMILES string of the molecule is CCc1ccc(S(=O)(=O)Nc2ccc(-c3nc(C)oc3C)cc2)s1. The summed E-state index contributed by atoms with van der Waals surface area (Å²) in [5, 5.41) is 0. The smallest absolute Gasteiger partial charge is 0.271 e. The van der Waals surface area contributed by atoms with Crippen molar-refractivity contribution in [3.63, 3.8) is 0 Å². The molecule has 0 radical (unpaired) electrons. The van der Waals surface area contributed by atoms with E-state index in [9.17, 15) is 8.42 Å². The lowest BCUT2D eigenvalue weighted by atomic mass is 10.1. The molecule has 0 atom stereocenters. The molecule has 5 nitrogen and oxygen atoms in total. The van der Waals surface area contributed by atoms with E-state index in [1.54, 1.807) is 25.1 Å². The van der Waals surface area contributed by atoms with Crippen molar-refractivity contribution >= 4 is 27.0 Å². The fourth-order valence-electron chi connectivity index (χ4n) is 2.39. The number of benzene rings is 1. The molecule has 24 heavy (non-hydrogen) atoms. The van der Waals surface area contributed by atoms with Crippen LogP contribution >= 0.6 is 11.3 Å². The average molecular weight is 362 g/mol. The monoisotopic (exact) mass is 362 g/mol. The number of sulfonamides is 1. The fourth-order valence-corrected chi connectivity index (χ4v) is 4.75. The molecule has 126 valence electrons. The van der Waals surface area contributed by atoms with Crippen LogP contribution in [0.4, 0.5) is 5.69 Å². The number of nitrogens with one attached hydrogen (secondary N) is 1. The number of oxazole rings is 1. The zero-order valence-electron chi connectivity index (χ0n) is 13.7. The van der Waals surface area contributed by atoms with Gasteiger partial charge in [-0.1, -0.05) is 19.1 Å². The summed E-state index contributed by atoms with van der Waals surface area (Å²) >= 11 is 1.29. The number of aryl methyl sites for hydroxylation is 3. The van der Waals surface area contributed by atoms with Gasteiger partial charge in [-0.15, -0.1) is 11.3 Å². The summed E-state index contributed by atoms with van der Waals surface area (Å²) in [6.45, 7) is 5.65. The maximum Gasteiger partial charge on any atom is 0.271 e. The van der Waals surface area contributed by atoms with E-state index in [1.165, 1.54) is 11.3 Å². The van der Waals surface area contributed by atoms with Crippen LogP contribution in [0.1, 0.15) is 23.5 Å². The first-order valence-corrected chi connectivity index (χ1v) is 9.85. The molecule has 3 rings (SSSR count). The number of hydrogen-bond donors (Lipinski definition) is 1. The van der Waals surface area contributed by atoms with Crippen LogP contribution in [0.2, 0.25) is 0 Å². The predicted octanol–water partition coefficient (Wildman–Crippen LogP) is 4.38. The van der Waals surface area contributed by atoms with Crippen LogP contribution in [-0.4, -0.2) is 13.4 Å². The molecule has 0 amide bonds. The highest BCUT2D eigenvalue weighted by Gasteiger charge is 2.17. The van der Waals surface area contributed by atoms with Gasteiger partial charge < -0.3 is 4.42 Å². The summed E-state index contributed by atoms with van der Waals surface area (Å²) in [6.07, 6.45) is 0.825. The predicted molar refractivity (Wildman–Crippen MR) is 95.9 cm³/mol. The third-order valence-electron chi connectivity index (χ3n) is 3.56. The lowest BCUT2D eigenvalue weighted by Gasteiger charge is -2.07. The molecule has 0 aliphatic carbocycles. The fraction of sp³-hybridized carbons (Fsp3) is 0.235. The van der Waals surface area contributed by atoms with Crippen LogP contribution in [0.25, 0.3) is 11.3 Å². The third kappa shape index (κ3) is 3.37. The van der Waals surface area contributed by atoms with Gasteiger partial charge in [-0.3, -0.25) is 4.72 Å². The number of anilines is 1. The maximum absolute atomic E-state index is 12.4. The van der Waals surface area contributed by atoms with Crippen molar-refractivity contribution in [3.05, 3.63) is 52.9 Å². The van der Waals surface area contributed by atoms with E-state index in [0.717, 1.165) is 28.3 Å². The second-order valence-electron chi connectivity index (χ2n) is 5.39. The summed E-state index contributed by atoms with van der Waals surface area (Å²) in [5.41, 5.74) is 2.17. The Morgan fingerprint density at radius 2 is 1.83 bits per heavy atom. The Labute approximate surface area is 145 Å². The Hall–Kier alpha value is -2.12. The summed E-state index contributed by atoms with van der Waals surface area (Å²) in [4.78, 5) is 5.38. The zero-order valence-corrected chi connectivity index (χ0v) is 15.3. The highest BCUT2D eigenvalue weighted by molar-refractivity contribution is 7.94. The number of aromatic nitrogens is 1. The molecule has 1 aromatic carbocycles. The van der Waals surface area contributed by atoms with E-state index in [0.29, 0.717) is 15.8 Å². The van der Waals surface area contributed by atoms with Crippen molar-refractivity contribution in [2.75, 3.05) is 4.72 Å². The Morgan fingerprint density at radius 1 is 1.12 bits per heavy atom. The summed E-state index contributed by atoms with van der Waals surface area (Å²) in [6, 6.07) is 10.6. The van der Waals surface area contributed by atoms with E-state index in [1.807, 2.05) is 32.0 Å². The van der Waals surface area contributed by atoms with Crippen molar-refractivity contribution in [2.45, 2.75) is 31.4 Å². The van der Waals surface area contributed by atoms with Gasteiger partial charge in [0.15, 0.2) is 5.89 Å². The van der Waals surface area contributed by atoms with Gasteiger partial charge in [0.2, 0.25) is 0 Å². The van der Waals surface area contributed by atoms with Crippen LogP contribution in [0.5, 0.6) is 0 Å².